The van der Waals surface area contributed by atoms with Gasteiger partial charge in [-0.15, -0.1) is 0 Å². The number of benzene rings is 1. The molecule has 12 aliphatic rings. The lowest BCUT2D eigenvalue weighted by atomic mass is 9.52. The Balaban J connectivity index is 0.000000156. The van der Waals surface area contributed by atoms with Crippen molar-refractivity contribution >= 4 is 6.09 Å². The van der Waals surface area contributed by atoms with Crippen LogP contribution < -0.4 is 5.32 Å². The lowest BCUT2D eigenvalue weighted by molar-refractivity contribution is -0.0863. The van der Waals surface area contributed by atoms with E-state index in [1.165, 1.54) is 116 Å². The van der Waals surface area contributed by atoms with Gasteiger partial charge in [-0.1, -0.05) is 94.2 Å². The van der Waals surface area contributed by atoms with Crippen LogP contribution in [0.1, 0.15) is 189 Å². The minimum absolute atomic E-state index is 0.0843. The quantitative estimate of drug-likeness (QED) is 0.301. The van der Waals surface area contributed by atoms with Crippen LogP contribution in [0.2, 0.25) is 0 Å². The summed E-state index contributed by atoms with van der Waals surface area (Å²) in [6, 6.07) is 10.7. The first-order valence-electron chi connectivity index (χ1n) is 31.1. The molecule has 1 N–H and O–H groups in total. The number of rotatable bonds is 4. The van der Waals surface area contributed by atoms with Crippen molar-refractivity contribution in [2.45, 2.75) is 238 Å². The van der Waals surface area contributed by atoms with E-state index in [2.05, 4.69) is 60.7 Å². The molecule has 0 unspecified atom stereocenters. The number of carbonyl (C=O) groups excluding carboxylic acids is 1. The van der Waals surface area contributed by atoms with Crippen LogP contribution >= 0.6 is 0 Å². The number of piperidine rings is 2. The number of likely N-dealkylation sites (tertiary alicyclic amines) is 1. The number of allylic oxidation sites excluding steroid dienone is 2. The molecule has 8 nitrogen and oxygen atoms in total. The molecular formula is C66H100N2O6. The Bertz CT molecular complexity index is 2280. The number of amides is 1. The summed E-state index contributed by atoms with van der Waals surface area (Å²) in [5, 5.41) is 3.88. The van der Waals surface area contributed by atoms with Crippen molar-refractivity contribution in [3.8, 4) is 0 Å². The zero-order valence-electron chi connectivity index (χ0n) is 47.9. The second kappa shape index (κ2) is 20.1. The maximum atomic E-state index is 13.5. The number of carbonyl (C=O) groups is 1. The van der Waals surface area contributed by atoms with Gasteiger partial charge in [0.2, 0.25) is 0 Å². The highest BCUT2D eigenvalue weighted by molar-refractivity contribution is 5.68. The zero-order valence-corrected chi connectivity index (χ0v) is 47.9. The Morgan fingerprint density at radius 2 is 1.20 bits per heavy atom. The van der Waals surface area contributed by atoms with Gasteiger partial charge in [0.1, 0.15) is 6.61 Å². The Hall–Kier alpha value is -2.23. The van der Waals surface area contributed by atoms with E-state index in [9.17, 15) is 4.79 Å². The number of fused-ring (bicyclic) bond motifs is 12. The van der Waals surface area contributed by atoms with Crippen molar-refractivity contribution in [2.24, 2.45) is 81.8 Å². The number of nitrogens with zero attached hydrogens (tertiary/aromatic N) is 1. The highest BCUT2D eigenvalue weighted by Crippen LogP contribution is 2.67. The van der Waals surface area contributed by atoms with Gasteiger partial charge in [0.05, 0.1) is 41.7 Å². The van der Waals surface area contributed by atoms with Gasteiger partial charge in [-0.25, -0.2) is 4.79 Å². The van der Waals surface area contributed by atoms with Gasteiger partial charge < -0.3 is 33.9 Å². The van der Waals surface area contributed by atoms with Gasteiger partial charge in [0.25, 0.3) is 0 Å². The molecule has 4 aliphatic heterocycles. The monoisotopic (exact) mass is 1020 g/mol. The summed E-state index contributed by atoms with van der Waals surface area (Å²) in [4.78, 5) is 15.6. The topological polar surface area (TPSA) is 78.5 Å². The molecule has 410 valence electrons. The largest absolute Gasteiger partial charge is 0.445 e. The van der Waals surface area contributed by atoms with Gasteiger partial charge in [-0.05, 0) is 224 Å². The fourth-order valence-electron chi connectivity index (χ4n) is 21.2. The highest BCUT2D eigenvalue weighted by Gasteiger charge is 2.63. The first-order chi connectivity index (χ1) is 35.6. The number of ether oxygens (including phenoxy) is 5. The van der Waals surface area contributed by atoms with E-state index in [0.29, 0.717) is 59.5 Å². The average Bonchev–Trinajstić information content (AvgIpc) is 4.08. The van der Waals surface area contributed by atoms with Crippen LogP contribution in [-0.2, 0) is 30.3 Å². The predicted molar refractivity (Wildman–Crippen MR) is 294 cm³/mol. The minimum Gasteiger partial charge on any atom is -0.445 e. The SMILES string of the molecule is CO[C@@H]1CC[C@@]2(C)[C@H](CC[C@H]3[C@@H]4CC[C@@]5(CC(C)=C4C[C@@H]32)O[C@@H]2C[C@H](C)CN(C(=O)OCc3ccccc3)[C@H]2[C@H]5C)C1.CO[C@@H]1CC[C@@]2(C)[C@H](CC[C@H]3[C@@H]4CC[C@@]5(CC(C)=C4C[C@@H]32)O[C@@H]2C[C@H](C)CN[C@H]2[C@H]5C)C1. The minimum atomic E-state index is -0.176. The second-order valence-corrected chi connectivity index (χ2v) is 28.8. The van der Waals surface area contributed by atoms with E-state index in [-0.39, 0.29) is 29.4 Å². The number of nitrogens with one attached hydrogen (secondary N) is 1. The summed E-state index contributed by atoms with van der Waals surface area (Å²) in [5.74, 6) is 8.83. The van der Waals surface area contributed by atoms with Gasteiger partial charge in [-0.3, -0.25) is 0 Å². The summed E-state index contributed by atoms with van der Waals surface area (Å²) >= 11 is 0. The first-order valence-corrected chi connectivity index (χ1v) is 31.1. The van der Waals surface area contributed by atoms with Crippen molar-refractivity contribution in [2.75, 3.05) is 27.3 Å². The first kappa shape index (κ1) is 52.5. The molecule has 8 aliphatic carbocycles. The van der Waals surface area contributed by atoms with E-state index in [4.69, 9.17) is 23.7 Å². The van der Waals surface area contributed by atoms with E-state index in [0.717, 1.165) is 84.6 Å². The van der Waals surface area contributed by atoms with Gasteiger partial charge in [-0.2, -0.15) is 0 Å². The third-order valence-electron chi connectivity index (χ3n) is 25.4. The molecule has 8 heteroatoms. The summed E-state index contributed by atoms with van der Waals surface area (Å²) in [7, 11) is 3.83. The van der Waals surface area contributed by atoms with Gasteiger partial charge in [0.15, 0.2) is 0 Å². The van der Waals surface area contributed by atoms with Crippen LogP contribution in [-0.4, -0.2) is 86.0 Å². The van der Waals surface area contributed by atoms with Crippen molar-refractivity contribution in [1.29, 1.82) is 0 Å². The fraction of sp³-hybridized carbons (Fsp3) is 0.833. The van der Waals surface area contributed by atoms with Gasteiger partial charge in [0, 0.05) is 38.6 Å². The van der Waals surface area contributed by atoms with Crippen molar-refractivity contribution < 1.29 is 28.5 Å². The smallest absolute Gasteiger partial charge is 0.410 e. The Kier molecular flexibility index (Phi) is 14.3. The Morgan fingerprint density at radius 3 is 1.77 bits per heavy atom. The summed E-state index contributed by atoms with van der Waals surface area (Å²) in [5.41, 5.74) is 8.94. The summed E-state index contributed by atoms with van der Waals surface area (Å²) in [6.45, 7) is 22.0. The second-order valence-electron chi connectivity index (χ2n) is 28.8. The normalized spacial score (nSPS) is 49.2. The Labute approximate surface area is 448 Å². The molecule has 0 bridgehead atoms. The molecule has 0 aromatic heterocycles. The van der Waals surface area contributed by atoms with Crippen LogP contribution in [0.15, 0.2) is 52.6 Å². The van der Waals surface area contributed by atoms with Crippen LogP contribution in [0.5, 0.6) is 0 Å². The lowest BCUT2D eigenvalue weighted by Crippen LogP contribution is -2.54. The van der Waals surface area contributed by atoms with E-state index < -0.39 is 0 Å². The molecule has 13 rings (SSSR count). The fourth-order valence-corrected chi connectivity index (χ4v) is 21.2. The van der Waals surface area contributed by atoms with Crippen LogP contribution in [0.25, 0.3) is 0 Å². The zero-order chi connectivity index (χ0) is 51.5. The molecule has 22 atom stereocenters. The van der Waals surface area contributed by atoms with Crippen molar-refractivity contribution in [3.63, 3.8) is 0 Å². The molecule has 1 aromatic carbocycles. The molecule has 10 fully saturated rings. The molecule has 4 heterocycles. The maximum Gasteiger partial charge on any atom is 0.410 e. The van der Waals surface area contributed by atoms with Crippen molar-refractivity contribution in [1.82, 2.24) is 10.2 Å². The van der Waals surface area contributed by atoms with E-state index in [1.807, 2.05) is 55.0 Å². The summed E-state index contributed by atoms with van der Waals surface area (Å²) < 4.78 is 31.8. The molecular weight excluding hydrogens is 917 g/mol. The van der Waals surface area contributed by atoms with Crippen molar-refractivity contribution in [3.05, 3.63) is 58.2 Å². The predicted octanol–water partition coefficient (Wildman–Crippen LogP) is 14.3. The van der Waals surface area contributed by atoms with Crippen LogP contribution in [0.4, 0.5) is 4.79 Å². The standard InChI is InChI=1S/C37H53NO4.C29H47NO2/c1-23-17-33-34(38(21-23)35(39)41-22-26-9-7-6-8-10-26)25(3)37(42-33)16-14-29-30-12-11-27-18-28(40-5)13-15-36(27,4)32(30)19-31(29)24(2)20-37;1-17-12-26-27(30-16-17)19(3)29(32-26)11-9-22-23-7-6-20-13-21(31-5)8-10-28(20,4)25(23)14-24(22)18(2)15-29/h6-10,23,25,27-30,32-34H,11-22H2,1-5H3;17,19-23,25-27,30H,6-16H2,1-5H3/t23-,25+,27+,28+,29-,30-,32-,33+,34-,36-,37-;17-,19+,20+,21+,22-,23-,25-,26+,27-,28-,29-/m00/s1. The number of hydrogen-bond acceptors (Lipinski definition) is 7. The van der Waals surface area contributed by atoms with Gasteiger partial charge >= 0.3 is 6.09 Å². The third kappa shape index (κ3) is 8.79. The van der Waals surface area contributed by atoms with Crippen LogP contribution in [0.3, 0.4) is 0 Å². The van der Waals surface area contributed by atoms with Crippen LogP contribution in [0, 0.1) is 81.8 Å². The van der Waals surface area contributed by atoms with E-state index >= 15 is 0 Å². The van der Waals surface area contributed by atoms with E-state index in [1.54, 1.807) is 16.7 Å². The molecule has 74 heavy (non-hydrogen) atoms. The molecule has 1 aromatic rings. The molecule has 1 amide bonds. The molecule has 0 radical (unpaired) electrons. The third-order valence-corrected chi connectivity index (χ3v) is 25.4. The number of hydrogen-bond donors (Lipinski definition) is 1. The molecule has 4 saturated heterocycles. The lowest BCUT2D eigenvalue weighted by Gasteiger charge is -2.54. The average molecular weight is 1020 g/mol. The molecule has 2 spiro atoms. The highest BCUT2D eigenvalue weighted by atomic mass is 16.6. The number of methoxy groups -OCH3 is 2. The maximum absolute atomic E-state index is 13.5. The molecule has 6 saturated carbocycles. The summed E-state index contributed by atoms with van der Waals surface area (Å²) in [6.07, 6.45) is 27.0. The Morgan fingerprint density at radius 1 is 0.662 bits per heavy atom.